The largest absolute Gasteiger partial charge is 0.416 e. The van der Waals surface area contributed by atoms with Gasteiger partial charge in [-0.05, 0) is 0 Å². The van der Waals surface area contributed by atoms with Gasteiger partial charge < -0.3 is 0 Å². The first-order valence-corrected chi connectivity index (χ1v) is 1.19. The van der Waals surface area contributed by atoms with Crippen LogP contribution in [-0.2, 0) is 0 Å². The SMILES string of the molecule is FCC(F)(F)F.[Li]. The molecule has 0 aliphatic heterocycles. The van der Waals surface area contributed by atoms with Crippen molar-refractivity contribution in [2.75, 3.05) is 6.67 Å². The monoisotopic (exact) mass is 109 g/mol. The maximum atomic E-state index is 10.4. The first-order chi connectivity index (χ1) is 2.56. The van der Waals surface area contributed by atoms with Gasteiger partial charge in [0, 0.05) is 18.9 Å². The summed E-state index contributed by atoms with van der Waals surface area (Å²) in [6, 6.07) is 0. The molecular formula is C2H2F4Li. The molecule has 0 unspecified atom stereocenters. The van der Waals surface area contributed by atoms with Gasteiger partial charge in [-0.25, -0.2) is 4.39 Å². The minimum absolute atomic E-state index is 0. The molecule has 0 aliphatic carbocycles. The molecule has 0 nitrogen and oxygen atoms in total. The number of halogens is 4. The Morgan fingerprint density at radius 3 is 1.29 bits per heavy atom. The van der Waals surface area contributed by atoms with Crippen molar-refractivity contribution in [2.24, 2.45) is 0 Å². The van der Waals surface area contributed by atoms with Gasteiger partial charge in [-0.15, -0.1) is 0 Å². The van der Waals surface area contributed by atoms with Gasteiger partial charge in [0.05, 0.1) is 0 Å². The van der Waals surface area contributed by atoms with Crippen LogP contribution in [-0.4, -0.2) is 31.7 Å². The third-order valence-electron chi connectivity index (χ3n) is 0.152. The summed E-state index contributed by atoms with van der Waals surface area (Å²) < 4.78 is 41.6. The minimum atomic E-state index is -4.62. The molecule has 0 saturated carbocycles. The van der Waals surface area contributed by atoms with E-state index in [9.17, 15) is 17.6 Å². The summed E-state index contributed by atoms with van der Waals surface area (Å²) >= 11 is 0. The minimum Gasteiger partial charge on any atom is -0.241 e. The van der Waals surface area contributed by atoms with Crippen LogP contribution in [0.4, 0.5) is 17.6 Å². The Labute approximate surface area is 50.1 Å². The summed E-state index contributed by atoms with van der Waals surface area (Å²) in [5.41, 5.74) is 0. The van der Waals surface area contributed by atoms with Gasteiger partial charge in [0.25, 0.3) is 0 Å². The van der Waals surface area contributed by atoms with Crippen molar-refractivity contribution < 1.29 is 17.6 Å². The van der Waals surface area contributed by atoms with Gasteiger partial charge in [-0.2, -0.15) is 13.2 Å². The maximum absolute atomic E-state index is 10.4. The quantitative estimate of drug-likeness (QED) is 0.323. The van der Waals surface area contributed by atoms with Crippen molar-refractivity contribution in [2.45, 2.75) is 6.18 Å². The van der Waals surface area contributed by atoms with E-state index in [1.54, 1.807) is 0 Å². The molecule has 0 aliphatic rings. The third kappa shape index (κ3) is 10.7. The molecule has 0 aromatic rings. The van der Waals surface area contributed by atoms with Crippen LogP contribution < -0.4 is 0 Å². The van der Waals surface area contributed by atoms with E-state index in [4.69, 9.17) is 0 Å². The zero-order chi connectivity index (χ0) is 5.21. The molecule has 0 N–H and O–H groups in total. The summed E-state index contributed by atoms with van der Waals surface area (Å²) in [4.78, 5) is 0. The molecule has 39 valence electrons. The summed E-state index contributed by atoms with van der Waals surface area (Å²) in [6.45, 7) is -2.23. The van der Waals surface area contributed by atoms with Crippen LogP contribution in [0.1, 0.15) is 0 Å². The van der Waals surface area contributed by atoms with Gasteiger partial charge in [-0.1, -0.05) is 0 Å². The number of alkyl halides is 4. The van der Waals surface area contributed by atoms with Gasteiger partial charge in [0.2, 0.25) is 0 Å². The van der Waals surface area contributed by atoms with E-state index >= 15 is 0 Å². The van der Waals surface area contributed by atoms with Gasteiger partial charge in [0.1, 0.15) is 0 Å². The molecule has 0 atom stereocenters. The molecule has 0 amide bonds. The fourth-order valence-electron chi connectivity index (χ4n) is 0. The Hall–Kier alpha value is 0.317. The molecular weight excluding hydrogens is 107 g/mol. The summed E-state index contributed by atoms with van der Waals surface area (Å²) in [5, 5.41) is 0. The predicted molar refractivity (Wildman–Crippen MR) is 17.8 cm³/mol. The topological polar surface area (TPSA) is 0 Å². The van der Waals surface area contributed by atoms with E-state index in [0.717, 1.165) is 0 Å². The first kappa shape index (κ1) is 10.3. The molecule has 7 heavy (non-hydrogen) atoms. The Morgan fingerprint density at radius 2 is 1.29 bits per heavy atom. The summed E-state index contributed by atoms with van der Waals surface area (Å²) in [6.07, 6.45) is -4.62. The zero-order valence-electron chi connectivity index (χ0n) is 3.72. The third-order valence-corrected chi connectivity index (χ3v) is 0.152. The van der Waals surface area contributed by atoms with Crippen LogP contribution in [0.3, 0.4) is 0 Å². The first-order valence-electron chi connectivity index (χ1n) is 1.19. The Balaban J connectivity index is 0. The second kappa shape index (κ2) is 3.34. The smallest absolute Gasteiger partial charge is 0.241 e. The summed E-state index contributed by atoms with van der Waals surface area (Å²) in [5.74, 6) is 0. The molecule has 0 bridgehead atoms. The van der Waals surface area contributed by atoms with Gasteiger partial charge in [0.15, 0.2) is 6.67 Å². The van der Waals surface area contributed by atoms with Crippen molar-refractivity contribution in [3.05, 3.63) is 0 Å². The van der Waals surface area contributed by atoms with Crippen LogP contribution in [0.2, 0.25) is 0 Å². The number of hydrogen-bond acceptors (Lipinski definition) is 0. The zero-order valence-corrected chi connectivity index (χ0v) is 3.72. The second-order valence-electron chi connectivity index (χ2n) is 0.749. The predicted octanol–water partition coefficient (Wildman–Crippen LogP) is 1.14. The van der Waals surface area contributed by atoms with E-state index in [0.29, 0.717) is 0 Å². The van der Waals surface area contributed by atoms with Crippen LogP contribution in [0.5, 0.6) is 0 Å². The van der Waals surface area contributed by atoms with Gasteiger partial charge in [-0.3, -0.25) is 0 Å². The molecule has 0 saturated heterocycles. The van der Waals surface area contributed by atoms with E-state index in [1.165, 1.54) is 0 Å². The van der Waals surface area contributed by atoms with E-state index in [1.807, 2.05) is 0 Å². The standard InChI is InChI=1S/C2H2F4.Li/c3-1-2(4,5)6;/h1H2;. The van der Waals surface area contributed by atoms with Crippen molar-refractivity contribution in [3.63, 3.8) is 0 Å². The molecule has 0 rings (SSSR count). The van der Waals surface area contributed by atoms with Crippen LogP contribution in [0.25, 0.3) is 0 Å². The van der Waals surface area contributed by atoms with Crippen LogP contribution in [0.15, 0.2) is 0 Å². The number of rotatable bonds is 0. The van der Waals surface area contributed by atoms with Crippen LogP contribution >= 0.6 is 0 Å². The molecule has 0 aromatic carbocycles. The summed E-state index contributed by atoms with van der Waals surface area (Å²) in [7, 11) is 0. The van der Waals surface area contributed by atoms with E-state index < -0.39 is 12.9 Å². The van der Waals surface area contributed by atoms with Crippen molar-refractivity contribution in [1.82, 2.24) is 0 Å². The number of hydrogen-bond donors (Lipinski definition) is 0. The normalized spacial score (nSPS) is 10.3. The van der Waals surface area contributed by atoms with Gasteiger partial charge >= 0.3 is 6.18 Å². The molecule has 0 spiro atoms. The second-order valence-corrected chi connectivity index (χ2v) is 0.749. The van der Waals surface area contributed by atoms with Crippen molar-refractivity contribution in [3.8, 4) is 0 Å². The average molecular weight is 109 g/mol. The molecule has 5 heteroatoms. The van der Waals surface area contributed by atoms with E-state index in [2.05, 4.69) is 0 Å². The molecule has 1 radical (unpaired) electrons. The Kier molecular flexibility index (Phi) is 4.92. The Morgan fingerprint density at radius 1 is 1.14 bits per heavy atom. The Bertz CT molecular complexity index is 39.4. The average Bonchev–Trinajstić information content (AvgIpc) is 1.35. The molecule has 0 heterocycles. The van der Waals surface area contributed by atoms with Crippen molar-refractivity contribution in [1.29, 1.82) is 0 Å². The fourth-order valence-corrected chi connectivity index (χ4v) is 0. The molecule has 0 fully saturated rings. The van der Waals surface area contributed by atoms with Crippen molar-refractivity contribution >= 4 is 18.9 Å². The van der Waals surface area contributed by atoms with E-state index in [-0.39, 0.29) is 18.9 Å². The maximum Gasteiger partial charge on any atom is 0.416 e. The fraction of sp³-hybridized carbons (Fsp3) is 1.00. The molecule has 0 aromatic heterocycles. The van der Waals surface area contributed by atoms with Crippen LogP contribution in [0, 0.1) is 0 Å².